The van der Waals surface area contributed by atoms with E-state index in [-0.39, 0.29) is 0 Å². The fraction of sp³-hybridized carbons (Fsp3) is 0.333. The number of rotatable bonds is 1. The predicted octanol–water partition coefficient (Wildman–Crippen LogP) is 2.57. The van der Waals surface area contributed by atoms with Crippen molar-refractivity contribution >= 4 is 34.2 Å². The van der Waals surface area contributed by atoms with Gasteiger partial charge in [-0.3, -0.25) is 0 Å². The zero-order chi connectivity index (χ0) is 6.24. The maximum Gasteiger partial charge on any atom is 0.0182 e. The Morgan fingerprint density at radius 2 is 2.38 bits per heavy atom. The lowest BCUT2D eigenvalue weighted by atomic mass is 10.5. The molecule has 0 aromatic carbocycles. The Morgan fingerprint density at radius 3 is 2.88 bits per heavy atom. The minimum Gasteiger partial charge on any atom is -0.0977 e. The van der Waals surface area contributed by atoms with Crippen LogP contribution in [0.15, 0.2) is 11.6 Å². The van der Waals surface area contributed by atoms with Crippen LogP contribution in [0.4, 0.5) is 0 Å². The summed E-state index contributed by atoms with van der Waals surface area (Å²) in [6, 6.07) is 0. The maximum absolute atomic E-state index is 5.20. The molecule has 0 atom stereocenters. The molecular weight excluding hydrogens is 234 g/mol. The molecule has 0 aliphatic carbocycles. The van der Waals surface area contributed by atoms with Crippen LogP contribution in [0.25, 0.3) is 0 Å². The second-order valence-corrected chi connectivity index (χ2v) is 2.38. The first-order chi connectivity index (χ1) is 3.91. The highest BCUT2D eigenvalue weighted by molar-refractivity contribution is 14.1. The van der Waals surface area contributed by atoms with Crippen molar-refractivity contribution in [2.45, 2.75) is 6.42 Å². The van der Waals surface area contributed by atoms with Gasteiger partial charge in [-0.1, -0.05) is 46.0 Å². The van der Waals surface area contributed by atoms with Gasteiger partial charge in [0.05, 0.1) is 0 Å². The van der Waals surface area contributed by atoms with E-state index >= 15 is 0 Å². The van der Waals surface area contributed by atoms with Crippen molar-refractivity contribution < 1.29 is 0 Å². The Balaban J connectivity index is 3.21. The summed E-state index contributed by atoms with van der Waals surface area (Å²) < 4.78 is 1.08. The van der Waals surface area contributed by atoms with E-state index in [0.717, 1.165) is 10.8 Å². The maximum atomic E-state index is 5.20. The second kappa shape index (κ2) is 7.32. The smallest absolute Gasteiger partial charge is 0.0182 e. The molecule has 0 rings (SSSR count). The summed E-state index contributed by atoms with van der Waals surface area (Å²) in [5.41, 5.74) is 1.42. The molecule has 0 saturated heterocycles. The number of hydrogen-bond donors (Lipinski definition) is 0. The van der Waals surface area contributed by atoms with Gasteiger partial charge in [-0.05, 0) is 6.08 Å². The molecule has 0 fully saturated rings. The predicted molar refractivity (Wildman–Crippen MR) is 46.3 cm³/mol. The molecule has 0 aliphatic rings. The molecule has 0 unspecified atom stereocenters. The van der Waals surface area contributed by atoms with Crippen LogP contribution in [0.1, 0.15) is 6.42 Å². The summed E-state index contributed by atoms with van der Waals surface area (Å²) in [7, 11) is 0. The van der Waals surface area contributed by atoms with E-state index in [2.05, 4.69) is 34.4 Å². The molecule has 0 aliphatic heterocycles. The zero-order valence-corrected chi connectivity index (χ0v) is 7.24. The summed E-state index contributed by atoms with van der Waals surface area (Å²) in [4.78, 5) is 0. The van der Waals surface area contributed by atoms with E-state index in [9.17, 15) is 0 Å². The molecule has 2 heteroatoms. The highest BCUT2D eigenvalue weighted by Crippen LogP contribution is 1.84. The molecule has 8 heavy (non-hydrogen) atoms. The summed E-state index contributed by atoms with van der Waals surface area (Å²) >= 11 is 7.48. The topological polar surface area (TPSA) is 0 Å². The molecule has 44 valence electrons. The zero-order valence-electron chi connectivity index (χ0n) is 4.32. The van der Waals surface area contributed by atoms with Gasteiger partial charge in [0.2, 0.25) is 0 Å². The molecule has 0 N–H and O–H groups in total. The van der Waals surface area contributed by atoms with Crippen molar-refractivity contribution in [1.82, 2.24) is 0 Å². The number of allylic oxidation sites excluding steroid dienone is 1. The van der Waals surface area contributed by atoms with Crippen molar-refractivity contribution in [3.63, 3.8) is 0 Å². The van der Waals surface area contributed by atoms with E-state index in [0.29, 0.717) is 0 Å². The third-order valence-corrected chi connectivity index (χ3v) is 1.13. The fourth-order valence-electron chi connectivity index (χ4n) is 0.210. The number of halogens is 2. The Bertz CT molecular complexity index is 118. The van der Waals surface area contributed by atoms with Crippen LogP contribution >= 0.6 is 34.2 Å². The van der Waals surface area contributed by atoms with Gasteiger partial charge in [-0.15, -0.1) is 0 Å². The lowest BCUT2D eigenvalue weighted by molar-refractivity contribution is 1.34. The minimum absolute atomic E-state index is 0.946. The monoisotopic (exact) mass is 240 g/mol. The average molecular weight is 240 g/mol. The van der Waals surface area contributed by atoms with Gasteiger partial charge in [0.25, 0.3) is 0 Å². The van der Waals surface area contributed by atoms with Crippen molar-refractivity contribution in [2.75, 3.05) is 4.43 Å². The molecule has 0 aromatic rings. The fourth-order valence-corrected chi connectivity index (χ4v) is 0.543. The summed E-state index contributed by atoms with van der Waals surface area (Å²) in [5.74, 6) is 5.68. The SMILES string of the molecule is Cl/C=C\C#CCCI. The van der Waals surface area contributed by atoms with Gasteiger partial charge in [-0.25, -0.2) is 0 Å². The van der Waals surface area contributed by atoms with Crippen LogP contribution in [0.3, 0.4) is 0 Å². The molecule has 0 amide bonds. The lowest BCUT2D eigenvalue weighted by Gasteiger charge is -1.71. The lowest BCUT2D eigenvalue weighted by Crippen LogP contribution is -1.62. The minimum atomic E-state index is 0.946. The third-order valence-electron chi connectivity index (χ3n) is 0.468. The molecule has 0 bridgehead atoms. The van der Waals surface area contributed by atoms with E-state index in [4.69, 9.17) is 11.6 Å². The van der Waals surface area contributed by atoms with Gasteiger partial charge in [0.1, 0.15) is 0 Å². The Morgan fingerprint density at radius 1 is 1.62 bits per heavy atom. The van der Waals surface area contributed by atoms with Crippen LogP contribution in [-0.2, 0) is 0 Å². The summed E-state index contributed by atoms with van der Waals surface area (Å²) in [5, 5.41) is 0. The van der Waals surface area contributed by atoms with Gasteiger partial charge in [0, 0.05) is 16.4 Å². The molecule has 0 saturated carbocycles. The first-order valence-electron chi connectivity index (χ1n) is 2.21. The van der Waals surface area contributed by atoms with Crippen LogP contribution in [-0.4, -0.2) is 4.43 Å². The van der Waals surface area contributed by atoms with Crippen molar-refractivity contribution in [3.8, 4) is 11.8 Å². The molecule has 0 spiro atoms. The van der Waals surface area contributed by atoms with Crippen LogP contribution in [0.5, 0.6) is 0 Å². The largest absolute Gasteiger partial charge is 0.0977 e. The van der Waals surface area contributed by atoms with Crippen LogP contribution < -0.4 is 0 Å². The Labute approximate surface area is 68.4 Å². The van der Waals surface area contributed by atoms with Gasteiger partial charge < -0.3 is 0 Å². The number of hydrogen-bond acceptors (Lipinski definition) is 0. The van der Waals surface area contributed by atoms with Crippen molar-refractivity contribution in [2.24, 2.45) is 0 Å². The molecule has 0 heterocycles. The van der Waals surface area contributed by atoms with E-state index in [1.165, 1.54) is 5.54 Å². The van der Waals surface area contributed by atoms with Crippen LogP contribution in [0, 0.1) is 11.8 Å². The third kappa shape index (κ3) is 6.32. The van der Waals surface area contributed by atoms with Crippen molar-refractivity contribution in [3.05, 3.63) is 11.6 Å². The highest BCUT2D eigenvalue weighted by atomic mass is 127. The van der Waals surface area contributed by atoms with E-state index in [1.54, 1.807) is 6.08 Å². The summed E-state index contributed by atoms with van der Waals surface area (Å²) in [6.07, 6.45) is 2.58. The van der Waals surface area contributed by atoms with E-state index in [1.807, 2.05) is 0 Å². The highest BCUT2D eigenvalue weighted by Gasteiger charge is 1.67. The Kier molecular flexibility index (Phi) is 7.61. The molecule has 0 nitrogen and oxygen atoms in total. The van der Waals surface area contributed by atoms with Gasteiger partial charge in [0.15, 0.2) is 0 Å². The first kappa shape index (κ1) is 8.32. The molecule has 0 aromatic heterocycles. The standard InChI is InChI=1S/C6H6ClI/c7-5-3-1-2-4-6-8/h3,5H,4,6H2/b5-3-. The molecule has 0 radical (unpaired) electrons. The quantitative estimate of drug-likeness (QED) is 0.375. The Hall–Kier alpha value is 0.320. The average Bonchev–Trinajstić information content (AvgIpc) is 1.81. The number of alkyl halides is 1. The van der Waals surface area contributed by atoms with Crippen LogP contribution in [0.2, 0.25) is 0 Å². The summed E-state index contributed by atoms with van der Waals surface area (Å²) in [6.45, 7) is 0. The van der Waals surface area contributed by atoms with Gasteiger partial charge >= 0.3 is 0 Å². The second-order valence-electron chi connectivity index (χ2n) is 1.05. The van der Waals surface area contributed by atoms with E-state index < -0.39 is 0 Å². The van der Waals surface area contributed by atoms with Gasteiger partial charge in [-0.2, -0.15) is 0 Å². The normalized spacial score (nSPS) is 8.75. The van der Waals surface area contributed by atoms with Crippen molar-refractivity contribution in [1.29, 1.82) is 0 Å². The molecular formula is C6H6ClI. The first-order valence-corrected chi connectivity index (χ1v) is 4.17.